The summed E-state index contributed by atoms with van der Waals surface area (Å²) in [5.74, 6) is 1.29. The van der Waals surface area contributed by atoms with Crippen molar-refractivity contribution < 1.29 is 9.26 Å². The molecule has 108 valence electrons. The van der Waals surface area contributed by atoms with Gasteiger partial charge in [0.15, 0.2) is 5.82 Å². The van der Waals surface area contributed by atoms with Gasteiger partial charge in [-0.2, -0.15) is 4.98 Å². The first-order chi connectivity index (χ1) is 9.72. The van der Waals surface area contributed by atoms with Crippen molar-refractivity contribution in [3.05, 3.63) is 22.3 Å². The fourth-order valence-corrected chi connectivity index (χ4v) is 2.89. The van der Waals surface area contributed by atoms with Crippen LogP contribution < -0.4 is 0 Å². The number of hydrogen-bond acceptors (Lipinski definition) is 8. The van der Waals surface area contributed by atoms with Gasteiger partial charge in [0, 0.05) is 13.2 Å². The van der Waals surface area contributed by atoms with Gasteiger partial charge in [0.1, 0.15) is 6.10 Å². The average molecular weight is 295 g/mol. The highest BCUT2D eigenvalue weighted by molar-refractivity contribution is 7.05. The Kier molecular flexibility index (Phi) is 4.04. The van der Waals surface area contributed by atoms with E-state index in [2.05, 4.69) is 24.6 Å². The molecule has 0 spiro atoms. The molecule has 7 nitrogen and oxygen atoms in total. The Balaban J connectivity index is 1.58. The van der Waals surface area contributed by atoms with Gasteiger partial charge in [-0.15, -0.1) is 5.10 Å². The lowest BCUT2D eigenvalue weighted by atomic mass is 10.2. The van der Waals surface area contributed by atoms with Gasteiger partial charge >= 0.3 is 0 Å². The van der Waals surface area contributed by atoms with Crippen molar-refractivity contribution in [2.75, 3.05) is 13.7 Å². The summed E-state index contributed by atoms with van der Waals surface area (Å²) in [5.41, 5.74) is 0.981. The Morgan fingerprint density at radius 1 is 1.40 bits per heavy atom. The minimum atomic E-state index is -0.0190. The van der Waals surface area contributed by atoms with Crippen LogP contribution >= 0.6 is 11.5 Å². The fourth-order valence-electron chi connectivity index (χ4n) is 2.17. The maximum absolute atomic E-state index is 5.53. The standard InChI is InChI=1S/C12H17N5O2S/c1-8-10(20-16-14-8)6-17(2)7-11-13-12(19-15-11)9-4-3-5-18-9/h9H,3-7H2,1-2H3. The third kappa shape index (κ3) is 3.02. The second-order valence-corrected chi connectivity index (χ2v) is 5.84. The minimum Gasteiger partial charge on any atom is -0.368 e. The molecule has 1 unspecified atom stereocenters. The molecule has 2 aromatic rings. The minimum absolute atomic E-state index is 0.0190. The first-order valence-electron chi connectivity index (χ1n) is 6.63. The molecule has 1 saturated heterocycles. The monoisotopic (exact) mass is 295 g/mol. The topological polar surface area (TPSA) is 77.2 Å². The second kappa shape index (κ2) is 5.94. The average Bonchev–Trinajstić information content (AvgIpc) is 3.12. The molecule has 3 rings (SSSR count). The molecule has 0 aliphatic carbocycles. The Labute approximate surface area is 121 Å². The van der Waals surface area contributed by atoms with E-state index in [1.165, 1.54) is 11.5 Å². The van der Waals surface area contributed by atoms with Crippen LogP contribution in [0.3, 0.4) is 0 Å². The Morgan fingerprint density at radius 3 is 3.00 bits per heavy atom. The van der Waals surface area contributed by atoms with Crippen molar-refractivity contribution in [3.63, 3.8) is 0 Å². The lowest BCUT2D eigenvalue weighted by Crippen LogP contribution is -2.18. The normalized spacial score (nSPS) is 19.1. The Hall–Kier alpha value is -1.38. The van der Waals surface area contributed by atoms with Crippen LogP contribution in [0.4, 0.5) is 0 Å². The van der Waals surface area contributed by atoms with Crippen LogP contribution in [-0.4, -0.2) is 38.3 Å². The molecule has 0 radical (unpaired) electrons. The fraction of sp³-hybridized carbons (Fsp3) is 0.667. The van der Waals surface area contributed by atoms with Gasteiger partial charge < -0.3 is 9.26 Å². The van der Waals surface area contributed by atoms with Gasteiger partial charge in [0.2, 0.25) is 0 Å². The van der Waals surface area contributed by atoms with E-state index in [4.69, 9.17) is 9.26 Å². The van der Waals surface area contributed by atoms with Crippen LogP contribution in [0.5, 0.6) is 0 Å². The van der Waals surface area contributed by atoms with Crippen LogP contribution in [0.25, 0.3) is 0 Å². The lowest BCUT2D eigenvalue weighted by Gasteiger charge is -2.12. The van der Waals surface area contributed by atoms with Gasteiger partial charge in [-0.05, 0) is 38.3 Å². The van der Waals surface area contributed by atoms with E-state index in [0.29, 0.717) is 18.3 Å². The SMILES string of the molecule is Cc1nnsc1CN(C)Cc1noc(C2CCCO2)n1. The number of ether oxygens (including phenoxy) is 1. The van der Waals surface area contributed by atoms with E-state index in [-0.39, 0.29) is 6.10 Å². The van der Waals surface area contributed by atoms with E-state index in [9.17, 15) is 0 Å². The van der Waals surface area contributed by atoms with E-state index >= 15 is 0 Å². The number of rotatable bonds is 5. The largest absolute Gasteiger partial charge is 0.368 e. The Bertz CT molecular complexity index is 564. The van der Waals surface area contributed by atoms with Crippen molar-refractivity contribution in [3.8, 4) is 0 Å². The summed E-state index contributed by atoms with van der Waals surface area (Å²) in [6.07, 6.45) is 2.00. The predicted octanol–water partition coefficient (Wildman–Crippen LogP) is 1.71. The van der Waals surface area contributed by atoms with Gasteiger partial charge in [-0.1, -0.05) is 9.64 Å². The highest BCUT2D eigenvalue weighted by atomic mass is 32.1. The molecule has 1 fully saturated rings. The van der Waals surface area contributed by atoms with E-state index in [1.54, 1.807) is 0 Å². The number of aryl methyl sites for hydroxylation is 1. The number of hydrogen-bond donors (Lipinski definition) is 0. The third-order valence-corrected chi connectivity index (χ3v) is 4.07. The summed E-state index contributed by atoms with van der Waals surface area (Å²) in [6.45, 7) is 4.16. The van der Waals surface area contributed by atoms with Crippen molar-refractivity contribution in [2.24, 2.45) is 0 Å². The molecule has 0 N–H and O–H groups in total. The van der Waals surface area contributed by atoms with E-state index in [0.717, 1.165) is 36.6 Å². The van der Waals surface area contributed by atoms with Crippen LogP contribution in [-0.2, 0) is 17.8 Å². The Morgan fingerprint density at radius 2 is 2.30 bits per heavy atom. The molecule has 2 aromatic heterocycles. The maximum atomic E-state index is 5.53. The highest BCUT2D eigenvalue weighted by Crippen LogP contribution is 2.27. The molecule has 0 aromatic carbocycles. The summed E-state index contributed by atoms with van der Waals surface area (Å²) < 4.78 is 14.7. The molecular formula is C12H17N5O2S. The van der Waals surface area contributed by atoms with Crippen LogP contribution in [0.2, 0.25) is 0 Å². The summed E-state index contributed by atoms with van der Waals surface area (Å²) in [7, 11) is 2.02. The van der Waals surface area contributed by atoms with Crippen molar-refractivity contribution in [1.29, 1.82) is 0 Å². The van der Waals surface area contributed by atoms with Gasteiger partial charge in [-0.3, -0.25) is 4.90 Å². The second-order valence-electron chi connectivity index (χ2n) is 5.00. The molecule has 0 saturated carbocycles. The summed E-state index contributed by atoms with van der Waals surface area (Å²) in [6, 6.07) is 0. The van der Waals surface area contributed by atoms with E-state index < -0.39 is 0 Å². The van der Waals surface area contributed by atoms with E-state index in [1.807, 2.05) is 14.0 Å². The number of aromatic nitrogens is 4. The first kappa shape index (κ1) is 13.6. The summed E-state index contributed by atoms with van der Waals surface area (Å²) in [4.78, 5) is 7.69. The molecule has 8 heteroatoms. The zero-order valence-electron chi connectivity index (χ0n) is 11.6. The smallest absolute Gasteiger partial charge is 0.255 e. The van der Waals surface area contributed by atoms with Crippen molar-refractivity contribution in [1.82, 2.24) is 24.6 Å². The molecular weight excluding hydrogens is 278 g/mol. The van der Waals surface area contributed by atoms with Crippen molar-refractivity contribution >= 4 is 11.5 Å². The van der Waals surface area contributed by atoms with Gasteiger partial charge in [0.25, 0.3) is 5.89 Å². The molecule has 1 aliphatic rings. The zero-order valence-corrected chi connectivity index (χ0v) is 12.4. The van der Waals surface area contributed by atoms with Gasteiger partial charge in [-0.25, -0.2) is 0 Å². The number of nitrogens with zero attached hydrogens (tertiary/aromatic N) is 5. The molecule has 1 aliphatic heterocycles. The van der Waals surface area contributed by atoms with Gasteiger partial charge in [0.05, 0.1) is 17.1 Å². The third-order valence-electron chi connectivity index (χ3n) is 3.26. The lowest BCUT2D eigenvalue weighted by molar-refractivity contribution is 0.0835. The molecule has 0 amide bonds. The predicted molar refractivity (Wildman–Crippen MR) is 72.0 cm³/mol. The van der Waals surface area contributed by atoms with Crippen LogP contribution in [0.1, 0.15) is 41.2 Å². The molecule has 1 atom stereocenters. The molecule has 3 heterocycles. The van der Waals surface area contributed by atoms with Crippen LogP contribution in [0.15, 0.2) is 4.52 Å². The molecule has 20 heavy (non-hydrogen) atoms. The maximum Gasteiger partial charge on any atom is 0.255 e. The zero-order chi connectivity index (χ0) is 13.9. The quantitative estimate of drug-likeness (QED) is 0.831. The van der Waals surface area contributed by atoms with Crippen molar-refractivity contribution in [2.45, 2.75) is 39.0 Å². The summed E-state index contributed by atoms with van der Waals surface area (Å²) >= 11 is 1.43. The summed E-state index contributed by atoms with van der Waals surface area (Å²) in [5, 5.41) is 8.03. The van der Waals surface area contributed by atoms with Crippen LogP contribution in [0, 0.1) is 6.92 Å². The first-order valence-corrected chi connectivity index (χ1v) is 7.40. The highest BCUT2D eigenvalue weighted by Gasteiger charge is 2.24. The molecule has 0 bridgehead atoms.